The number of nitrogens with one attached hydrogen (secondary N) is 1. The number of nitrogens with zero attached hydrogens (tertiary/aromatic N) is 1. The Kier molecular flexibility index (Phi) is 2.90. The molecule has 1 saturated heterocycles. The highest BCUT2D eigenvalue weighted by molar-refractivity contribution is 5.85. The maximum Gasteiger partial charge on any atom is 0.0485 e. The number of piperidine rings is 1. The van der Waals surface area contributed by atoms with Gasteiger partial charge in [-0.25, -0.2) is 0 Å². The Balaban J connectivity index is 2.07. The minimum atomic E-state index is 0.693. The van der Waals surface area contributed by atoms with Crippen molar-refractivity contribution in [3.63, 3.8) is 0 Å². The van der Waals surface area contributed by atoms with E-state index in [1.807, 2.05) is 0 Å². The van der Waals surface area contributed by atoms with Gasteiger partial charge in [0.15, 0.2) is 0 Å². The zero-order valence-corrected chi connectivity index (χ0v) is 11.6. The molecule has 1 aliphatic heterocycles. The summed E-state index contributed by atoms with van der Waals surface area (Å²) in [4.78, 5) is 0. The van der Waals surface area contributed by atoms with Crippen molar-refractivity contribution >= 4 is 10.9 Å². The molecule has 0 amide bonds. The zero-order valence-electron chi connectivity index (χ0n) is 11.6. The van der Waals surface area contributed by atoms with Gasteiger partial charge in [-0.1, -0.05) is 12.1 Å². The third-order valence-electron chi connectivity index (χ3n) is 4.60. The fourth-order valence-electron chi connectivity index (χ4n) is 3.16. The second kappa shape index (κ2) is 4.43. The molecule has 0 saturated carbocycles. The minimum Gasteiger partial charge on any atom is -0.348 e. The van der Waals surface area contributed by atoms with E-state index in [0.29, 0.717) is 5.92 Å². The molecular weight excluding hydrogens is 220 g/mol. The van der Waals surface area contributed by atoms with Gasteiger partial charge in [0.05, 0.1) is 0 Å². The van der Waals surface area contributed by atoms with E-state index in [2.05, 4.69) is 49.0 Å². The Labute approximate surface area is 109 Å². The predicted molar refractivity (Wildman–Crippen MR) is 77.2 cm³/mol. The summed E-state index contributed by atoms with van der Waals surface area (Å²) in [5.74, 6) is 0.693. The second-order valence-corrected chi connectivity index (χ2v) is 5.59. The Hall–Kier alpha value is -1.28. The van der Waals surface area contributed by atoms with E-state index in [-0.39, 0.29) is 0 Å². The summed E-state index contributed by atoms with van der Waals surface area (Å²) >= 11 is 0. The maximum atomic E-state index is 3.51. The Morgan fingerprint density at radius 2 is 2.11 bits per heavy atom. The van der Waals surface area contributed by atoms with Crippen LogP contribution in [0.2, 0.25) is 0 Å². The van der Waals surface area contributed by atoms with E-state index >= 15 is 0 Å². The number of hydrogen-bond acceptors (Lipinski definition) is 1. The molecule has 2 nitrogen and oxygen atoms in total. The molecule has 2 heterocycles. The number of benzene rings is 1. The van der Waals surface area contributed by atoms with Crippen LogP contribution in [0.15, 0.2) is 18.2 Å². The summed E-state index contributed by atoms with van der Waals surface area (Å²) in [6.45, 7) is 6.74. The van der Waals surface area contributed by atoms with Gasteiger partial charge in [-0.05, 0) is 56.3 Å². The van der Waals surface area contributed by atoms with Gasteiger partial charge < -0.3 is 9.88 Å². The molecule has 1 fully saturated rings. The fourth-order valence-corrected chi connectivity index (χ4v) is 3.16. The van der Waals surface area contributed by atoms with Gasteiger partial charge in [0.25, 0.3) is 0 Å². The van der Waals surface area contributed by atoms with Gasteiger partial charge >= 0.3 is 0 Å². The smallest absolute Gasteiger partial charge is 0.0485 e. The van der Waals surface area contributed by atoms with Crippen LogP contribution in [-0.2, 0) is 7.05 Å². The van der Waals surface area contributed by atoms with Gasteiger partial charge in [0, 0.05) is 30.2 Å². The van der Waals surface area contributed by atoms with E-state index in [1.54, 1.807) is 0 Å². The number of aryl methyl sites for hydroxylation is 2. The molecule has 3 rings (SSSR count). The standard InChI is InChI=1S/C16H22N2/c1-11-12(2)18(3)16-9-13(6-7-15(11)16)14-5-4-8-17-10-14/h6-7,9,14,17H,4-5,8,10H2,1-3H3. The average molecular weight is 242 g/mol. The molecule has 2 heteroatoms. The predicted octanol–water partition coefficient (Wildman–Crippen LogP) is 3.26. The van der Waals surface area contributed by atoms with Crippen LogP contribution in [0.4, 0.5) is 0 Å². The van der Waals surface area contributed by atoms with E-state index in [0.717, 1.165) is 6.54 Å². The molecule has 1 aromatic carbocycles. The SMILES string of the molecule is Cc1c(C)n(C)c2cc(C3CCCNC3)ccc12. The van der Waals surface area contributed by atoms with Gasteiger partial charge in [-0.15, -0.1) is 0 Å². The Morgan fingerprint density at radius 1 is 1.28 bits per heavy atom. The quantitative estimate of drug-likeness (QED) is 0.812. The minimum absolute atomic E-state index is 0.693. The largest absolute Gasteiger partial charge is 0.348 e. The first-order valence-electron chi connectivity index (χ1n) is 6.94. The third-order valence-corrected chi connectivity index (χ3v) is 4.60. The highest BCUT2D eigenvalue weighted by Gasteiger charge is 2.16. The van der Waals surface area contributed by atoms with E-state index < -0.39 is 0 Å². The van der Waals surface area contributed by atoms with Crippen molar-refractivity contribution in [3.8, 4) is 0 Å². The lowest BCUT2D eigenvalue weighted by Gasteiger charge is -2.23. The topological polar surface area (TPSA) is 17.0 Å². The summed E-state index contributed by atoms with van der Waals surface area (Å²) in [6.07, 6.45) is 2.62. The Morgan fingerprint density at radius 3 is 2.83 bits per heavy atom. The average Bonchev–Trinajstić information content (AvgIpc) is 2.65. The first-order chi connectivity index (χ1) is 8.68. The molecule has 0 radical (unpaired) electrons. The Bertz CT molecular complexity index is 574. The van der Waals surface area contributed by atoms with Gasteiger partial charge in [-0.3, -0.25) is 0 Å². The normalized spacial score (nSPS) is 20.5. The second-order valence-electron chi connectivity index (χ2n) is 5.59. The van der Waals surface area contributed by atoms with Crippen LogP contribution in [0.1, 0.15) is 35.6 Å². The molecular formula is C16H22N2. The molecule has 96 valence electrons. The van der Waals surface area contributed by atoms with Crippen LogP contribution < -0.4 is 5.32 Å². The summed E-state index contributed by atoms with van der Waals surface area (Å²) in [5, 5.41) is 4.91. The number of hydrogen-bond donors (Lipinski definition) is 1. The van der Waals surface area contributed by atoms with Gasteiger partial charge in [0.1, 0.15) is 0 Å². The lowest BCUT2D eigenvalue weighted by molar-refractivity contribution is 0.462. The van der Waals surface area contributed by atoms with Gasteiger partial charge in [0.2, 0.25) is 0 Å². The summed E-state index contributed by atoms with van der Waals surface area (Å²) < 4.78 is 2.32. The molecule has 18 heavy (non-hydrogen) atoms. The maximum absolute atomic E-state index is 3.51. The first-order valence-corrected chi connectivity index (χ1v) is 6.94. The van der Waals surface area contributed by atoms with Crippen LogP contribution in [0.3, 0.4) is 0 Å². The summed E-state index contributed by atoms with van der Waals surface area (Å²) in [6, 6.07) is 7.03. The molecule has 0 bridgehead atoms. The van der Waals surface area contributed by atoms with Crippen LogP contribution in [-0.4, -0.2) is 17.7 Å². The molecule has 1 atom stereocenters. The van der Waals surface area contributed by atoms with Crippen molar-refractivity contribution in [3.05, 3.63) is 35.0 Å². The summed E-state index contributed by atoms with van der Waals surface area (Å²) in [5.41, 5.74) is 5.67. The molecule has 1 unspecified atom stereocenters. The highest BCUT2D eigenvalue weighted by atomic mass is 14.9. The van der Waals surface area contributed by atoms with E-state index in [9.17, 15) is 0 Å². The first kappa shape index (κ1) is 11.8. The van der Waals surface area contributed by atoms with Crippen molar-refractivity contribution in [2.75, 3.05) is 13.1 Å². The number of aromatic nitrogens is 1. The highest BCUT2D eigenvalue weighted by Crippen LogP contribution is 2.29. The van der Waals surface area contributed by atoms with Crippen molar-refractivity contribution < 1.29 is 0 Å². The molecule has 1 aliphatic rings. The van der Waals surface area contributed by atoms with E-state index in [4.69, 9.17) is 0 Å². The van der Waals surface area contributed by atoms with Crippen molar-refractivity contribution in [1.29, 1.82) is 0 Å². The molecule has 1 aromatic heterocycles. The van der Waals surface area contributed by atoms with Crippen LogP contribution >= 0.6 is 0 Å². The van der Waals surface area contributed by atoms with Gasteiger partial charge in [-0.2, -0.15) is 0 Å². The molecule has 0 spiro atoms. The molecule has 1 N–H and O–H groups in total. The third kappa shape index (κ3) is 1.76. The van der Waals surface area contributed by atoms with Crippen LogP contribution in [0.5, 0.6) is 0 Å². The number of rotatable bonds is 1. The van der Waals surface area contributed by atoms with Crippen LogP contribution in [0, 0.1) is 13.8 Å². The number of fused-ring (bicyclic) bond motifs is 1. The fraction of sp³-hybridized carbons (Fsp3) is 0.500. The van der Waals surface area contributed by atoms with Crippen molar-refractivity contribution in [1.82, 2.24) is 9.88 Å². The monoisotopic (exact) mass is 242 g/mol. The summed E-state index contributed by atoms with van der Waals surface area (Å²) in [7, 11) is 2.17. The van der Waals surface area contributed by atoms with Crippen molar-refractivity contribution in [2.45, 2.75) is 32.6 Å². The molecule has 0 aliphatic carbocycles. The lowest BCUT2D eigenvalue weighted by Crippen LogP contribution is -2.28. The molecule has 2 aromatic rings. The lowest BCUT2D eigenvalue weighted by atomic mass is 9.91. The van der Waals surface area contributed by atoms with Crippen molar-refractivity contribution in [2.24, 2.45) is 7.05 Å². The van der Waals surface area contributed by atoms with E-state index in [1.165, 1.54) is 47.1 Å². The van der Waals surface area contributed by atoms with Crippen LogP contribution in [0.25, 0.3) is 10.9 Å². The zero-order chi connectivity index (χ0) is 12.7.